The molecule has 36 heavy (non-hydrogen) atoms. The van der Waals surface area contributed by atoms with E-state index in [1.54, 1.807) is 12.1 Å². The van der Waals surface area contributed by atoms with Crippen molar-refractivity contribution in [3.05, 3.63) is 87.9 Å². The molecule has 0 aliphatic heterocycles. The van der Waals surface area contributed by atoms with Gasteiger partial charge in [0.2, 0.25) is 0 Å². The van der Waals surface area contributed by atoms with E-state index in [0.717, 1.165) is 24.3 Å². The number of hydrogen-bond donors (Lipinski definition) is 0. The highest BCUT2D eigenvalue weighted by molar-refractivity contribution is 6.31. The van der Waals surface area contributed by atoms with Crippen LogP contribution >= 0.6 is 11.6 Å². The van der Waals surface area contributed by atoms with Gasteiger partial charge in [-0.15, -0.1) is 0 Å². The van der Waals surface area contributed by atoms with Gasteiger partial charge in [0.15, 0.2) is 0 Å². The third-order valence-electron chi connectivity index (χ3n) is 6.80. The molecule has 8 heteroatoms. The Morgan fingerprint density at radius 3 is 1.94 bits per heavy atom. The van der Waals surface area contributed by atoms with Crippen LogP contribution in [0.15, 0.2) is 48.5 Å². The molecular formula is C28H25ClF6O. The second-order valence-electron chi connectivity index (χ2n) is 9.50. The smallest absolute Gasteiger partial charge is 0.426 e. The van der Waals surface area contributed by atoms with Crippen LogP contribution < -0.4 is 4.74 Å². The first kappa shape index (κ1) is 26.4. The van der Waals surface area contributed by atoms with Crippen molar-refractivity contribution in [2.24, 2.45) is 11.8 Å². The van der Waals surface area contributed by atoms with E-state index in [1.807, 2.05) is 0 Å². The maximum absolute atomic E-state index is 14.7. The summed E-state index contributed by atoms with van der Waals surface area (Å²) in [5.41, 5.74) is -1.46. The Morgan fingerprint density at radius 1 is 0.833 bits per heavy atom. The monoisotopic (exact) mass is 526 g/mol. The molecule has 0 heterocycles. The first-order valence-corrected chi connectivity index (χ1v) is 12.2. The minimum Gasteiger partial charge on any atom is -0.429 e. The van der Waals surface area contributed by atoms with Gasteiger partial charge < -0.3 is 4.74 Å². The highest BCUT2D eigenvalue weighted by atomic mass is 35.5. The van der Waals surface area contributed by atoms with E-state index in [2.05, 4.69) is 6.92 Å². The molecule has 0 bridgehead atoms. The molecule has 0 radical (unpaired) electrons. The third-order valence-corrected chi connectivity index (χ3v) is 7.16. The molecule has 3 aromatic rings. The fourth-order valence-electron chi connectivity index (χ4n) is 4.64. The van der Waals surface area contributed by atoms with Crippen molar-refractivity contribution in [2.75, 3.05) is 0 Å². The zero-order chi connectivity index (χ0) is 26.0. The SMILES string of the molecule is CC1CCC(CCc2ccc(OC(F)(F)c3cc(F)c(-c4cc(F)c(Cl)c(F)c4)c(F)c3)cc2)CC1. The van der Waals surface area contributed by atoms with E-state index in [4.69, 9.17) is 16.3 Å². The summed E-state index contributed by atoms with van der Waals surface area (Å²) in [5, 5.41) is -0.842. The lowest BCUT2D eigenvalue weighted by molar-refractivity contribution is -0.185. The predicted octanol–water partition coefficient (Wildman–Crippen LogP) is 9.45. The van der Waals surface area contributed by atoms with Gasteiger partial charge in [-0.1, -0.05) is 56.3 Å². The first-order valence-electron chi connectivity index (χ1n) is 11.8. The average molecular weight is 527 g/mol. The van der Waals surface area contributed by atoms with Crippen LogP contribution in [0, 0.1) is 35.1 Å². The minimum absolute atomic E-state index is 0.165. The number of alkyl halides is 2. The fourth-order valence-corrected chi connectivity index (χ4v) is 4.75. The van der Waals surface area contributed by atoms with Crippen LogP contribution in [0.1, 0.15) is 50.2 Å². The molecular weight excluding hydrogens is 502 g/mol. The van der Waals surface area contributed by atoms with Crippen LogP contribution in [-0.2, 0) is 12.5 Å². The number of aryl methyl sites for hydroxylation is 1. The van der Waals surface area contributed by atoms with Crippen molar-refractivity contribution in [1.82, 2.24) is 0 Å². The molecule has 0 aromatic heterocycles. The van der Waals surface area contributed by atoms with Gasteiger partial charge in [-0.3, -0.25) is 0 Å². The zero-order valence-electron chi connectivity index (χ0n) is 19.6. The highest BCUT2D eigenvalue weighted by Crippen LogP contribution is 2.37. The number of hydrogen-bond acceptors (Lipinski definition) is 1. The summed E-state index contributed by atoms with van der Waals surface area (Å²) in [5.74, 6) is -4.04. The van der Waals surface area contributed by atoms with Gasteiger partial charge in [0.05, 0.1) is 11.1 Å². The van der Waals surface area contributed by atoms with E-state index in [9.17, 15) is 26.3 Å². The highest BCUT2D eigenvalue weighted by Gasteiger charge is 2.36. The minimum atomic E-state index is -4.06. The molecule has 0 unspecified atom stereocenters. The quantitative estimate of drug-likeness (QED) is 0.220. The van der Waals surface area contributed by atoms with Crippen molar-refractivity contribution >= 4 is 11.6 Å². The number of benzene rings is 3. The van der Waals surface area contributed by atoms with Crippen LogP contribution in [0.2, 0.25) is 5.02 Å². The van der Waals surface area contributed by atoms with E-state index < -0.39 is 51.1 Å². The predicted molar refractivity (Wildman–Crippen MR) is 127 cm³/mol. The van der Waals surface area contributed by atoms with Crippen LogP contribution in [0.25, 0.3) is 11.1 Å². The first-order chi connectivity index (χ1) is 17.0. The topological polar surface area (TPSA) is 9.23 Å². The zero-order valence-corrected chi connectivity index (χ0v) is 20.3. The molecule has 0 saturated heterocycles. The van der Waals surface area contributed by atoms with Crippen molar-refractivity contribution in [3.8, 4) is 16.9 Å². The van der Waals surface area contributed by atoms with Crippen molar-refractivity contribution in [2.45, 2.75) is 51.6 Å². The molecule has 192 valence electrons. The third kappa shape index (κ3) is 6.00. The molecule has 1 saturated carbocycles. The maximum Gasteiger partial charge on any atom is 0.426 e. The molecule has 1 fully saturated rings. The summed E-state index contributed by atoms with van der Waals surface area (Å²) in [6, 6.07) is 8.19. The summed E-state index contributed by atoms with van der Waals surface area (Å²) in [6.45, 7) is 2.27. The van der Waals surface area contributed by atoms with Crippen LogP contribution in [0.5, 0.6) is 5.75 Å². The molecule has 4 rings (SSSR count). The standard InChI is InChI=1S/C28H25ClF6O/c1-16-2-4-17(5-3-16)6-7-18-8-10-21(11-9-18)36-28(34,35)20-14-22(30)26(23(31)15-20)19-12-24(32)27(29)25(33)13-19/h8-17H,2-7H2,1H3. The summed E-state index contributed by atoms with van der Waals surface area (Å²) in [4.78, 5) is 0. The van der Waals surface area contributed by atoms with Crippen LogP contribution in [0.4, 0.5) is 26.3 Å². The van der Waals surface area contributed by atoms with E-state index in [-0.39, 0.29) is 5.75 Å². The molecule has 0 spiro atoms. The van der Waals surface area contributed by atoms with Crippen molar-refractivity contribution in [3.63, 3.8) is 0 Å². The Bertz CT molecular complexity index is 1170. The molecule has 3 aromatic carbocycles. The van der Waals surface area contributed by atoms with E-state index >= 15 is 0 Å². The molecule has 0 N–H and O–H groups in total. The maximum atomic E-state index is 14.7. The number of halogens is 7. The molecule has 1 nitrogen and oxygen atoms in total. The molecule has 1 aliphatic rings. The lowest BCUT2D eigenvalue weighted by atomic mass is 9.80. The van der Waals surface area contributed by atoms with Crippen molar-refractivity contribution < 1.29 is 31.1 Å². The van der Waals surface area contributed by atoms with Gasteiger partial charge in [0.25, 0.3) is 0 Å². The summed E-state index contributed by atoms with van der Waals surface area (Å²) < 4.78 is 91.0. The van der Waals surface area contributed by atoms with Gasteiger partial charge in [0, 0.05) is 0 Å². The molecule has 0 atom stereocenters. The van der Waals surface area contributed by atoms with E-state index in [1.165, 1.54) is 37.8 Å². The Kier molecular flexibility index (Phi) is 7.88. The Hall–Kier alpha value is -2.67. The Morgan fingerprint density at radius 2 is 1.39 bits per heavy atom. The second kappa shape index (κ2) is 10.8. The van der Waals surface area contributed by atoms with Crippen molar-refractivity contribution in [1.29, 1.82) is 0 Å². The summed E-state index contributed by atoms with van der Waals surface area (Å²) >= 11 is 5.39. The van der Waals surface area contributed by atoms with Gasteiger partial charge >= 0.3 is 6.11 Å². The Balaban J connectivity index is 1.46. The van der Waals surface area contributed by atoms with Crippen LogP contribution in [-0.4, -0.2) is 0 Å². The fraction of sp³-hybridized carbons (Fsp3) is 0.357. The Labute approximate surface area is 211 Å². The van der Waals surface area contributed by atoms with Gasteiger partial charge in [0.1, 0.15) is 34.0 Å². The molecule has 0 amide bonds. The number of rotatable bonds is 7. The average Bonchev–Trinajstić information content (AvgIpc) is 2.82. The largest absolute Gasteiger partial charge is 0.429 e. The summed E-state index contributed by atoms with van der Waals surface area (Å²) in [7, 11) is 0. The van der Waals surface area contributed by atoms with Gasteiger partial charge in [-0.25, -0.2) is 17.6 Å². The van der Waals surface area contributed by atoms with Gasteiger partial charge in [-0.05, 0) is 72.2 Å². The second-order valence-corrected chi connectivity index (χ2v) is 9.87. The molecule has 1 aliphatic carbocycles. The van der Waals surface area contributed by atoms with Crippen LogP contribution in [0.3, 0.4) is 0 Å². The van der Waals surface area contributed by atoms with E-state index in [0.29, 0.717) is 30.2 Å². The van der Waals surface area contributed by atoms with Gasteiger partial charge in [-0.2, -0.15) is 8.78 Å². The lowest BCUT2D eigenvalue weighted by Crippen LogP contribution is -2.22. The lowest BCUT2D eigenvalue weighted by Gasteiger charge is -2.26. The summed E-state index contributed by atoms with van der Waals surface area (Å²) in [6.07, 6.45) is 2.71. The number of ether oxygens (including phenoxy) is 1. The normalized spacial score (nSPS) is 18.3.